The molecule has 1 atom stereocenters. The van der Waals surface area contributed by atoms with Crippen LogP contribution in [-0.2, 0) is 22.5 Å². The lowest BCUT2D eigenvalue weighted by Crippen LogP contribution is -2.38. The van der Waals surface area contributed by atoms with E-state index in [1.165, 1.54) is 23.3 Å². The van der Waals surface area contributed by atoms with E-state index in [0.717, 1.165) is 24.1 Å². The molecule has 0 aliphatic carbocycles. The van der Waals surface area contributed by atoms with Gasteiger partial charge in [-0.05, 0) is 35.0 Å². The number of nitrogens with zero attached hydrogens (tertiary/aromatic N) is 1. The molecule has 2 aromatic rings. The Bertz CT molecular complexity index is 703. The molecular weight excluding hydrogens is 306 g/mol. The Balaban J connectivity index is 1.94. The third kappa shape index (κ3) is 2.84. The summed E-state index contributed by atoms with van der Waals surface area (Å²) in [5, 5.41) is 1.13. The smallest absolute Gasteiger partial charge is 0.327 e. The second-order valence-corrected chi connectivity index (χ2v) is 6.32. The standard InChI is InChI=1S/C16H16ClNO2S/c1-20-16(19)15(12-4-2-3-5-13(12)17)18-8-6-14-11(10-18)7-9-21-14/h2-5,7,9,15H,6,8,10H2,1H3/i9D. The van der Waals surface area contributed by atoms with Gasteiger partial charge in [-0.3, -0.25) is 4.90 Å². The maximum atomic E-state index is 12.3. The van der Waals surface area contributed by atoms with Crippen LogP contribution >= 0.6 is 22.9 Å². The monoisotopic (exact) mass is 322 g/mol. The van der Waals surface area contributed by atoms with Gasteiger partial charge in [-0.2, -0.15) is 0 Å². The number of fused-ring (bicyclic) bond motifs is 1. The lowest BCUT2D eigenvalue weighted by molar-refractivity contribution is -0.147. The van der Waals surface area contributed by atoms with E-state index in [4.69, 9.17) is 17.7 Å². The fourth-order valence-electron chi connectivity index (χ4n) is 2.71. The van der Waals surface area contributed by atoms with Crippen LogP contribution in [0.25, 0.3) is 0 Å². The van der Waals surface area contributed by atoms with Crippen molar-refractivity contribution in [2.45, 2.75) is 19.0 Å². The van der Waals surface area contributed by atoms with Gasteiger partial charge in [-0.25, -0.2) is 4.79 Å². The maximum absolute atomic E-state index is 12.3. The van der Waals surface area contributed by atoms with Crippen LogP contribution in [0.2, 0.25) is 5.02 Å². The summed E-state index contributed by atoms with van der Waals surface area (Å²) in [6.07, 6.45) is 0.844. The summed E-state index contributed by atoms with van der Waals surface area (Å²) in [7, 11) is 1.40. The van der Waals surface area contributed by atoms with Crippen molar-refractivity contribution < 1.29 is 10.9 Å². The zero-order valence-electron chi connectivity index (χ0n) is 12.6. The largest absolute Gasteiger partial charge is 0.468 e. The number of ether oxygens (including phenoxy) is 1. The SMILES string of the molecule is [2H]c1cc2c(s1)CCN(C(C(=O)OC)c1ccccc1Cl)C2. The molecule has 0 spiro atoms. The summed E-state index contributed by atoms with van der Waals surface area (Å²) in [6.45, 7) is 1.38. The molecule has 3 nitrogen and oxygen atoms in total. The fourth-order valence-corrected chi connectivity index (χ4v) is 3.74. The number of methoxy groups -OCH3 is 1. The van der Waals surface area contributed by atoms with E-state index in [9.17, 15) is 4.79 Å². The third-order valence-corrected chi connectivity index (χ3v) is 5.05. The summed E-state index contributed by atoms with van der Waals surface area (Å²) in [6, 6.07) is 8.74. The number of benzene rings is 1. The molecule has 3 rings (SSSR count). The quantitative estimate of drug-likeness (QED) is 0.807. The highest BCUT2D eigenvalue weighted by molar-refractivity contribution is 7.10. The molecule has 0 saturated heterocycles. The highest BCUT2D eigenvalue weighted by Crippen LogP contribution is 2.33. The van der Waals surface area contributed by atoms with Gasteiger partial charge < -0.3 is 4.74 Å². The first-order chi connectivity index (χ1) is 10.6. The predicted octanol–water partition coefficient (Wildman–Crippen LogP) is 3.67. The molecule has 0 amide bonds. The van der Waals surface area contributed by atoms with Crippen molar-refractivity contribution in [3.05, 3.63) is 56.7 Å². The van der Waals surface area contributed by atoms with E-state index < -0.39 is 6.04 Å². The van der Waals surface area contributed by atoms with Gasteiger partial charge in [-0.1, -0.05) is 29.8 Å². The van der Waals surface area contributed by atoms with Crippen molar-refractivity contribution in [2.75, 3.05) is 13.7 Å². The molecular formula is C16H16ClNO2S. The minimum Gasteiger partial charge on any atom is -0.468 e. The molecule has 0 radical (unpaired) electrons. The lowest BCUT2D eigenvalue weighted by atomic mass is 10.0. The van der Waals surface area contributed by atoms with Gasteiger partial charge >= 0.3 is 5.97 Å². The number of hydrogen-bond acceptors (Lipinski definition) is 4. The second kappa shape index (κ2) is 6.18. The summed E-state index contributed by atoms with van der Waals surface area (Å²) < 4.78 is 12.8. The molecule has 0 saturated carbocycles. The lowest BCUT2D eigenvalue weighted by Gasteiger charge is -2.33. The first kappa shape index (κ1) is 13.3. The average molecular weight is 323 g/mol. The van der Waals surface area contributed by atoms with Gasteiger partial charge in [-0.15, -0.1) is 11.3 Å². The Morgan fingerprint density at radius 2 is 2.29 bits per heavy atom. The van der Waals surface area contributed by atoms with E-state index in [2.05, 4.69) is 4.90 Å². The highest BCUT2D eigenvalue weighted by atomic mass is 35.5. The molecule has 110 valence electrons. The summed E-state index contributed by atoms with van der Waals surface area (Å²) >= 11 is 7.80. The minimum atomic E-state index is -0.513. The molecule has 1 aromatic carbocycles. The van der Waals surface area contributed by atoms with Crippen LogP contribution < -0.4 is 0 Å². The Morgan fingerprint density at radius 1 is 1.48 bits per heavy atom. The van der Waals surface area contributed by atoms with Gasteiger partial charge in [0, 0.05) is 23.0 Å². The van der Waals surface area contributed by atoms with Crippen molar-refractivity contribution >= 4 is 28.9 Å². The van der Waals surface area contributed by atoms with Crippen LogP contribution in [0.15, 0.2) is 35.7 Å². The Labute approximate surface area is 134 Å². The summed E-state index contributed by atoms with van der Waals surface area (Å²) in [5.74, 6) is -0.308. The van der Waals surface area contributed by atoms with E-state index in [1.54, 1.807) is 6.07 Å². The number of carbonyl (C=O) groups is 1. The molecule has 5 heteroatoms. The number of halogens is 1. The van der Waals surface area contributed by atoms with E-state index in [0.29, 0.717) is 16.9 Å². The van der Waals surface area contributed by atoms with Gasteiger partial charge in [0.05, 0.1) is 8.48 Å². The predicted molar refractivity (Wildman–Crippen MR) is 84.6 cm³/mol. The van der Waals surface area contributed by atoms with E-state index in [-0.39, 0.29) is 5.97 Å². The van der Waals surface area contributed by atoms with Gasteiger partial charge in [0.1, 0.15) is 6.04 Å². The van der Waals surface area contributed by atoms with Crippen molar-refractivity contribution in [3.63, 3.8) is 0 Å². The first-order valence-electron chi connectivity index (χ1n) is 7.24. The Morgan fingerprint density at radius 3 is 3.05 bits per heavy atom. The van der Waals surface area contributed by atoms with Gasteiger partial charge in [0.15, 0.2) is 0 Å². The number of carbonyl (C=O) groups excluding carboxylic acids is 1. The molecule has 1 aliphatic rings. The highest BCUT2D eigenvalue weighted by Gasteiger charge is 2.32. The summed E-state index contributed by atoms with van der Waals surface area (Å²) in [4.78, 5) is 15.6. The number of esters is 1. The van der Waals surface area contributed by atoms with Crippen molar-refractivity contribution in [1.82, 2.24) is 4.90 Å². The van der Waals surface area contributed by atoms with Crippen LogP contribution in [-0.4, -0.2) is 24.5 Å². The molecule has 0 bridgehead atoms. The van der Waals surface area contributed by atoms with Crippen molar-refractivity contribution in [3.8, 4) is 0 Å². The second-order valence-electron chi connectivity index (χ2n) is 4.98. The van der Waals surface area contributed by atoms with Gasteiger partial charge in [0.25, 0.3) is 0 Å². The zero-order valence-corrected chi connectivity index (χ0v) is 13.2. The zero-order chi connectivity index (χ0) is 15.7. The first-order valence-corrected chi connectivity index (χ1v) is 7.94. The van der Waals surface area contributed by atoms with Crippen molar-refractivity contribution in [1.29, 1.82) is 0 Å². The molecule has 0 fully saturated rings. The molecule has 0 N–H and O–H groups in total. The minimum absolute atomic E-state index is 0.308. The van der Waals surface area contributed by atoms with Crippen LogP contribution in [0.5, 0.6) is 0 Å². The summed E-state index contributed by atoms with van der Waals surface area (Å²) in [5.41, 5.74) is 1.89. The van der Waals surface area contributed by atoms with Crippen LogP contribution in [0.4, 0.5) is 0 Å². The Kier molecular flexibility index (Phi) is 3.92. The number of rotatable bonds is 3. The van der Waals surface area contributed by atoms with E-state index >= 15 is 0 Å². The normalized spacial score (nSPS) is 17.0. The van der Waals surface area contributed by atoms with Crippen LogP contribution in [0.1, 0.15) is 23.4 Å². The Hall–Kier alpha value is -1.36. The average Bonchev–Trinajstić information content (AvgIpc) is 2.88. The fraction of sp³-hybridized carbons (Fsp3) is 0.312. The molecule has 1 aliphatic heterocycles. The molecule has 21 heavy (non-hydrogen) atoms. The van der Waals surface area contributed by atoms with Crippen molar-refractivity contribution in [2.24, 2.45) is 0 Å². The number of hydrogen-bond donors (Lipinski definition) is 0. The van der Waals surface area contributed by atoms with Crippen LogP contribution in [0, 0.1) is 0 Å². The van der Waals surface area contributed by atoms with E-state index in [1.807, 2.05) is 24.3 Å². The van der Waals surface area contributed by atoms with Gasteiger partial charge in [0.2, 0.25) is 0 Å². The topological polar surface area (TPSA) is 29.5 Å². The van der Waals surface area contributed by atoms with Crippen LogP contribution in [0.3, 0.4) is 0 Å². The molecule has 2 heterocycles. The third-order valence-electron chi connectivity index (χ3n) is 3.76. The maximum Gasteiger partial charge on any atom is 0.327 e. The molecule has 1 unspecified atom stereocenters. The molecule has 1 aromatic heterocycles. The number of thiophene rings is 1.